The Morgan fingerprint density at radius 1 is 1.28 bits per heavy atom. The predicted octanol–water partition coefficient (Wildman–Crippen LogP) is 2.55. The van der Waals surface area contributed by atoms with Gasteiger partial charge in [0.25, 0.3) is 5.91 Å². The lowest BCUT2D eigenvalue weighted by atomic mass is 9.98. The lowest BCUT2D eigenvalue weighted by molar-refractivity contribution is -0.116. The Labute approximate surface area is 170 Å². The summed E-state index contributed by atoms with van der Waals surface area (Å²) in [5.41, 5.74) is 9.36. The van der Waals surface area contributed by atoms with Crippen LogP contribution in [0.5, 0.6) is 0 Å². The average molecular weight is 390 g/mol. The number of rotatable bonds is 6. The minimum absolute atomic E-state index is 0.196. The highest BCUT2D eigenvalue weighted by Crippen LogP contribution is 2.45. The highest BCUT2D eigenvalue weighted by Gasteiger charge is 2.32. The smallest absolute Gasteiger partial charge is 0.273 e. The summed E-state index contributed by atoms with van der Waals surface area (Å²) in [6, 6.07) is 3.62. The Kier molecular flexibility index (Phi) is 4.75. The normalized spacial score (nSPS) is 21.1. The van der Waals surface area contributed by atoms with E-state index in [9.17, 15) is 4.79 Å². The molecule has 3 aliphatic rings. The van der Waals surface area contributed by atoms with Crippen LogP contribution >= 0.6 is 0 Å². The van der Waals surface area contributed by atoms with Crippen molar-refractivity contribution in [2.45, 2.75) is 44.9 Å². The van der Waals surface area contributed by atoms with E-state index >= 15 is 0 Å². The Hall–Kier alpha value is -2.80. The Morgan fingerprint density at radius 3 is 2.83 bits per heavy atom. The van der Waals surface area contributed by atoms with Gasteiger partial charge in [-0.25, -0.2) is 5.43 Å². The number of aromatic amines is 1. The first-order chi connectivity index (χ1) is 14.2. The molecule has 0 radical (unpaired) electrons. The van der Waals surface area contributed by atoms with Crippen LogP contribution in [0.3, 0.4) is 0 Å². The van der Waals surface area contributed by atoms with E-state index in [0.717, 1.165) is 18.7 Å². The fraction of sp³-hybridized carbons (Fsp3) is 0.455. The van der Waals surface area contributed by atoms with E-state index in [4.69, 9.17) is 0 Å². The van der Waals surface area contributed by atoms with Gasteiger partial charge in [-0.1, -0.05) is 0 Å². The molecule has 7 nitrogen and oxygen atoms in total. The lowest BCUT2D eigenvalue weighted by Crippen LogP contribution is -2.22. The van der Waals surface area contributed by atoms with Crippen molar-refractivity contribution >= 4 is 17.7 Å². The molecule has 0 aromatic carbocycles. The molecule has 1 aliphatic carbocycles. The molecule has 0 atom stereocenters. The third-order valence-electron chi connectivity index (χ3n) is 6.13. The molecule has 2 aliphatic heterocycles. The van der Waals surface area contributed by atoms with Gasteiger partial charge in [0.1, 0.15) is 11.4 Å². The number of hydrogen-bond donors (Lipinski definition) is 2. The number of carbonyl (C=O) groups excluding carboxylic acids is 1. The first-order valence-corrected chi connectivity index (χ1v) is 10.5. The third-order valence-corrected chi connectivity index (χ3v) is 6.13. The summed E-state index contributed by atoms with van der Waals surface area (Å²) in [7, 11) is 0. The van der Waals surface area contributed by atoms with E-state index in [1.807, 2.05) is 12.1 Å². The van der Waals surface area contributed by atoms with Crippen molar-refractivity contribution in [3.05, 3.63) is 52.1 Å². The van der Waals surface area contributed by atoms with E-state index in [2.05, 4.69) is 37.5 Å². The molecule has 0 bridgehead atoms. The molecule has 7 heteroatoms. The zero-order valence-electron chi connectivity index (χ0n) is 16.7. The Balaban J connectivity index is 1.48. The second kappa shape index (κ2) is 7.55. The first kappa shape index (κ1) is 18.2. The SMILES string of the molecule is Cc1[nH]c(C=C2C(=O)NN=C2c2cccnn2)c(C2CC2)c1CCN1CCCC1. The molecule has 150 valence electrons. The number of carbonyl (C=O) groups is 1. The van der Waals surface area contributed by atoms with Crippen LogP contribution in [-0.2, 0) is 11.2 Å². The molecule has 4 heterocycles. The number of amides is 1. The number of aryl methyl sites for hydroxylation is 1. The number of likely N-dealkylation sites (tertiary alicyclic amines) is 1. The molecule has 0 spiro atoms. The molecule has 2 fully saturated rings. The molecule has 1 amide bonds. The summed E-state index contributed by atoms with van der Waals surface area (Å²) in [5.74, 6) is 0.403. The summed E-state index contributed by atoms with van der Waals surface area (Å²) in [5, 5.41) is 12.2. The molecular weight excluding hydrogens is 364 g/mol. The van der Waals surface area contributed by atoms with Gasteiger partial charge in [0.05, 0.1) is 5.57 Å². The largest absolute Gasteiger partial charge is 0.359 e. The second-order valence-electron chi connectivity index (χ2n) is 8.20. The van der Waals surface area contributed by atoms with Gasteiger partial charge in [0.2, 0.25) is 0 Å². The van der Waals surface area contributed by atoms with Gasteiger partial charge < -0.3 is 9.88 Å². The third kappa shape index (κ3) is 3.62. The van der Waals surface area contributed by atoms with Gasteiger partial charge in [-0.3, -0.25) is 4.79 Å². The summed E-state index contributed by atoms with van der Waals surface area (Å²) in [6.07, 6.45) is 9.72. The molecule has 2 N–H and O–H groups in total. The zero-order chi connectivity index (χ0) is 19.8. The number of aromatic nitrogens is 3. The van der Waals surface area contributed by atoms with Crippen molar-refractivity contribution in [2.24, 2.45) is 5.10 Å². The van der Waals surface area contributed by atoms with Gasteiger partial charge >= 0.3 is 0 Å². The van der Waals surface area contributed by atoms with Gasteiger partial charge in [0, 0.05) is 24.1 Å². The fourth-order valence-electron chi connectivity index (χ4n) is 4.50. The van der Waals surface area contributed by atoms with Crippen molar-refractivity contribution in [1.29, 1.82) is 0 Å². The van der Waals surface area contributed by atoms with Crippen LogP contribution in [-0.4, -0.2) is 51.3 Å². The van der Waals surface area contributed by atoms with Crippen molar-refractivity contribution in [1.82, 2.24) is 25.5 Å². The van der Waals surface area contributed by atoms with E-state index in [-0.39, 0.29) is 5.91 Å². The summed E-state index contributed by atoms with van der Waals surface area (Å²) in [6.45, 7) is 5.70. The van der Waals surface area contributed by atoms with Crippen molar-refractivity contribution < 1.29 is 4.79 Å². The number of hydrogen-bond acceptors (Lipinski definition) is 5. The van der Waals surface area contributed by atoms with E-state index in [1.165, 1.54) is 55.6 Å². The van der Waals surface area contributed by atoms with Crippen LogP contribution in [0.2, 0.25) is 0 Å². The van der Waals surface area contributed by atoms with Gasteiger partial charge in [-0.05, 0) is 87.4 Å². The lowest BCUT2D eigenvalue weighted by Gasteiger charge is -2.15. The monoisotopic (exact) mass is 390 g/mol. The molecule has 29 heavy (non-hydrogen) atoms. The molecule has 2 aromatic rings. The molecule has 1 saturated heterocycles. The maximum absolute atomic E-state index is 12.5. The highest BCUT2D eigenvalue weighted by molar-refractivity contribution is 6.32. The molecule has 2 aromatic heterocycles. The quantitative estimate of drug-likeness (QED) is 0.742. The van der Waals surface area contributed by atoms with Crippen LogP contribution in [0.15, 0.2) is 29.0 Å². The van der Waals surface area contributed by atoms with Crippen molar-refractivity contribution in [3.63, 3.8) is 0 Å². The summed E-state index contributed by atoms with van der Waals surface area (Å²) in [4.78, 5) is 18.6. The molecule has 0 unspecified atom stereocenters. The van der Waals surface area contributed by atoms with Crippen molar-refractivity contribution in [2.75, 3.05) is 19.6 Å². The minimum atomic E-state index is -0.196. The van der Waals surface area contributed by atoms with Crippen LogP contribution < -0.4 is 5.43 Å². The van der Waals surface area contributed by atoms with Crippen LogP contribution in [0.4, 0.5) is 0 Å². The average Bonchev–Trinajstić information content (AvgIpc) is 3.16. The standard InChI is InChI=1S/C22H26N6O/c1-14-16(8-12-28-10-2-3-11-28)20(15-6-7-15)19(24-14)13-17-21(26-27-22(17)29)18-5-4-9-23-25-18/h4-5,9,13,15,24H,2-3,6-8,10-12H2,1H3,(H,27,29). The maximum Gasteiger partial charge on any atom is 0.273 e. The van der Waals surface area contributed by atoms with E-state index in [1.54, 1.807) is 12.3 Å². The number of hydrazone groups is 1. The zero-order valence-corrected chi connectivity index (χ0v) is 16.7. The van der Waals surface area contributed by atoms with Crippen molar-refractivity contribution in [3.8, 4) is 0 Å². The van der Waals surface area contributed by atoms with Gasteiger partial charge in [0.15, 0.2) is 0 Å². The van der Waals surface area contributed by atoms with Gasteiger partial charge in [-0.2, -0.15) is 10.2 Å². The minimum Gasteiger partial charge on any atom is -0.359 e. The first-order valence-electron chi connectivity index (χ1n) is 10.5. The van der Waals surface area contributed by atoms with Gasteiger partial charge in [-0.15, -0.1) is 5.10 Å². The highest BCUT2D eigenvalue weighted by atomic mass is 16.2. The Morgan fingerprint density at radius 2 is 2.10 bits per heavy atom. The van der Waals surface area contributed by atoms with Crippen LogP contribution in [0.25, 0.3) is 6.08 Å². The van der Waals surface area contributed by atoms with E-state index < -0.39 is 0 Å². The number of H-pyrrole nitrogens is 1. The Bertz CT molecular complexity index is 980. The maximum atomic E-state index is 12.5. The molecule has 1 saturated carbocycles. The second-order valence-corrected chi connectivity index (χ2v) is 8.20. The molecular formula is C22H26N6O. The fourth-order valence-corrected chi connectivity index (χ4v) is 4.50. The number of nitrogens with zero attached hydrogens (tertiary/aromatic N) is 4. The number of nitrogens with one attached hydrogen (secondary N) is 2. The predicted molar refractivity (Wildman–Crippen MR) is 112 cm³/mol. The van der Waals surface area contributed by atoms with Crippen LogP contribution in [0, 0.1) is 6.92 Å². The summed E-state index contributed by atoms with van der Waals surface area (Å²) < 4.78 is 0. The van der Waals surface area contributed by atoms with E-state index in [0.29, 0.717) is 22.9 Å². The van der Waals surface area contributed by atoms with Crippen LogP contribution in [0.1, 0.15) is 59.8 Å². The molecule has 5 rings (SSSR count). The summed E-state index contributed by atoms with van der Waals surface area (Å²) >= 11 is 0. The topological polar surface area (TPSA) is 86.3 Å².